The fraction of sp³-hybridized carbons (Fsp3) is 0.273. The molecule has 0 unspecified atom stereocenters. The zero-order chi connectivity index (χ0) is 11.7. The highest BCUT2D eigenvalue weighted by Gasteiger charge is 2.10. The van der Waals surface area contributed by atoms with Crippen molar-refractivity contribution in [2.75, 3.05) is 7.11 Å². The van der Waals surface area contributed by atoms with E-state index >= 15 is 0 Å². The van der Waals surface area contributed by atoms with Gasteiger partial charge in [-0.2, -0.15) is 0 Å². The Hall–Kier alpha value is -1.88. The summed E-state index contributed by atoms with van der Waals surface area (Å²) in [6.45, 7) is 1.93. The minimum absolute atomic E-state index is 0.0277. The lowest BCUT2D eigenvalue weighted by atomic mass is 10.2. The first kappa shape index (κ1) is 10.6. The number of carboxylic acid groups (broad SMARTS) is 1. The smallest absolute Gasteiger partial charge is 0.356 e. The van der Waals surface area contributed by atoms with Crippen molar-refractivity contribution in [3.63, 3.8) is 0 Å². The van der Waals surface area contributed by atoms with Crippen molar-refractivity contribution in [1.82, 2.24) is 9.38 Å². The number of imidazole rings is 1. The molecule has 2 heterocycles. The number of fused-ring (bicyclic) bond motifs is 1. The number of hydrogen-bond donors (Lipinski definition) is 1. The minimum Gasteiger partial charge on any atom is -0.476 e. The monoisotopic (exact) mass is 220 g/mol. The molecular weight excluding hydrogens is 208 g/mol. The zero-order valence-electron chi connectivity index (χ0n) is 9.04. The Balaban J connectivity index is 2.49. The lowest BCUT2D eigenvalue weighted by Crippen LogP contribution is -1.97. The maximum absolute atomic E-state index is 10.7. The first-order chi connectivity index (χ1) is 7.61. The van der Waals surface area contributed by atoms with Crippen molar-refractivity contribution < 1.29 is 14.6 Å². The van der Waals surface area contributed by atoms with Gasteiger partial charge >= 0.3 is 5.97 Å². The second kappa shape index (κ2) is 3.94. The van der Waals surface area contributed by atoms with Crippen LogP contribution >= 0.6 is 0 Å². The molecule has 5 heteroatoms. The number of carbonyl (C=O) groups is 1. The summed E-state index contributed by atoms with van der Waals surface area (Å²) in [5.74, 6) is -1.02. The highest BCUT2D eigenvalue weighted by Crippen LogP contribution is 2.16. The van der Waals surface area contributed by atoms with Crippen LogP contribution in [0.15, 0.2) is 24.5 Å². The van der Waals surface area contributed by atoms with Gasteiger partial charge in [0.1, 0.15) is 5.65 Å². The van der Waals surface area contributed by atoms with E-state index in [-0.39, 0.29) is 11.8 Å². The first-order valence-electron chi connectivity index (χ1n) is 4.86. The van der Waals surface area contributed by atoms with Gasteiger partial charge in [-0.3, -0.25) is 0 Å². The molecule has 0 aliphatic heterocycles. The molecule has 0 spiro atoms. The van der Waals surface area contributed by atoms with Gasteiger partial charge in [-0.1, -0.05) is 6.07 Å². The van der Waals surface area contributed by atoms with E-state index in [1.165, 1.54) is 6.20 Å². The first-order valence-corrected chi connectivity index (χ1v) is 4.86. The van der Waals surface area contributed by atoms with Crippen LogP contribution in [0.4, 0.5) is 0 Å². The number of hydrogen-bond acceptors (Lipinski definition) is 3. The summed E-state index contributed by atoms with van der Waals surface area (Å²) >= 11 is 0. The molecular formula is C11H12N2O3. The molecule has 1 atom stereocenters. The Morgan fingerprint density at radius 2 is 2.25 bits per heavy atom. The van der Waals surface area contributed by atoms with Crippen molar-refractivity contribution in [2.45, 2.75) is 13.0 Å². The van der Waals surface area contributed by atoms with Gasteiger partial charge in [0.25, 0.3) is 0 Å². The van der Waals surface area contributed by atoms with E-state index in [0.717, 1.165) is 5.56 Å². The lowest BCUT2D eigenvalue weighted by Gasteiger charge is -2.09. The number of pyridine rings is 1. The van der Waals surface area contributed by atoms with Crippen LogP contribution in [0, 0.1) is 0 Å². The predicted octanol–water partition coefficient (Wildman–Crippen LogP) is 1.74. The average Bonchev–Trinajstić information content (AvgIpc) is 2.70. The van der Waals surface area contributed by atoms with Crippen LogP contribution in [0.1, 0.15) is 29.1 Å². The molecule has 0 aliphatic carbocycles. The Morgan fingerprint density at radius 1 is 1.50 bits per heavy atom. The van der Waals surface area contributed by atoms with Crippen molar-refractivity contribution in [2.24, 2.45) is 0 Å². The maximum atomic E-state index is 10.7. The van der Waals surface area contributed by atoms with Crippen molar-refractivity contribution in [3.8, 4) is 0 Å². The van der Waals surface area contributed by atoms with E-state index < -0.39 is 5.97 Å². The molecule has 0 radical (unpaired) electrons. The molecule has 16 heavy (non-hydrogen) atoms. The van der Waals surface area contributed by atoms with Gasteiger partial charge in [0.05, 0.1) is 6.10 Å². The van der Waals surface area contributed by atoms with Gasteiger partial charge in [0.2, 0.25) is 0 Å². The standard InChI is InChI=1S/C11H12N2O3/c1-7(16-2)8-3-4-10-12-9(11(14)15)6-13(10)5-8/h3-7H,1-2H3,(H,14,15)/t7-/m0/s1. The highest BCUT2D eigenvalue weighted by molar-refractivity contribution is 5.86. The Morgan fingerprint density at radius 3 is 2.88 bits per heavy atom. The summed E-state index contributed by atoms with van der Waals surface area (Å²) < 4.78 is 6.88. The number of carboxylic acids is 1. The van der Waals surface area contributed by atoms with E-state index in [1.54, 1.807) is 17.6 Å². The Labute approximate surface area is 92.3 Å². The quantitative estimate of drug-likeness (QED) is 0.855. The summed E-state index contributed by atoms with van der Waals surface area (Å²) in [4.78, 5) is 14.7. The summed E-state index contributed by atoms with van der Waals surface area (Å²) in [6, 6.07) is 3.65. The second-order valence-electron chi connectivity index (χ2n) is 3.54. The van der Waals surface area contributed by atoms with Crippen molar-refractivity contribution in [1.29, 1.82) is 0 Å². The second-order valence-corrected chi connectivity index (χ2v) is 3.54. The highest BCUT2D eigenvalue weighted by atomic mass is 16.5. The molecule has 84 valence electrons. The lowest BCUT2D eigenvalue weighted by molar-refractivity contribution is 0.0691. The van der Waals surface area contributed by atoms with Crippen LogP contribution in [0.3, 0.4) is 0 Å². The largest absolute Gasteiger partial charge is 0.476 e. The molecule has 1 N–H and O–H groups in total. The predicted molar refractivity (Wildman–Crippen MR) is 57.6 cm³/mol. The molecule has 0 amide bonds. The zero-order valence-corrected chi connectivity index (χ0v) is 9.04. The number of nitrogens with zero attached hydrogens (tertiary/aromatic N) is 2. The molecule has 2 aromatic rings. The van der Waals surface area contributed by atoms with Crippen LogP contribution in [-0.2, 0) is 4.74 Å². The van der Waals surface area contributed by atoms with Crippen LogP contribution in [-0.4, -0.2) is 27.6 Å². The molecule has 0 fully saturated rings. The molecule has 0 aromatic carbocycles. The van der Waals surface area contributed by atoms with Crippen molar-refractivity contribution >= 4 is 11.6 Å². The third-order valence-electron chi connectivity index (χ3n) is 2.52. The molecule has 0 saturated heterocycles. The van der Waals surface area contributed by atoms with E-state index in [0.29, 0.717) is 5.65 Å². The minimum atomic E-state index is -1.02. The SMILES string of the molecule is CO[C@@H](C)c1ccc2nc(C(=O)O)cn2c1. The van der Waals surface area contributed by atoms with Gasteiger partial charge in [0, 0.05) is 19.5 Å². The molecule has 0 bridgehead atoms. The number of ether oxygens (including phenoxy) is 1. The van der Waals surface area contributed by atoms with Crippen LogP contribution in [0.5, 0.6) is 0 Å². The van der Waals surface area contributed by atoms with Crippen LogP contribution < -0.4 is 0 Å². The van der Waals surface area contributed by atoms with E-state index in [1.807, 2.05) is 19.2 Å². The average molecular weight is 220 g/mol. The fourth-order valence-corrected chi connectivity index (χ4v) is 1.49. The number of methoxy groups -OCH3 is 1. The normalized spacial score (nSPS) is 12.9. The third-order valence-corrected chi connectivity index (χ3v) is 2.52. The van der Waals surface area contributed by atoms with Crippen LogP contribution in [0.25, 0.3) is 5.65 Å². The summed E-state index contributed by atoms with van der Waals surface area (Å²) in [5.41, 5.74) is 1.64. The topological polar surface area (TPSA) is 63.8 Å². The Bertz CT molecular complexity index is 533. The summed E-state index contributed by atoms with van der Waals surface area (Å²) in [5, 5.41) is 8.81. The summed E-state index contributed by atoms with van der Waals surface area (Å²) in [6.07, 6.45) is 3.28. The van der Waals surface area contributed by atoms with Gasteiger partial charge in [-0.15, -0.1) is 0 Å². The van der Waals surface area contributed by atoms with Gasteiger partial charge in [-0.05, 0) is 18.6 Å². The van der Waals surface area contributed by atoms with E-state index in [2.05, 4.69) is 4.98 Å². The molecule has 2 rings (SSSR count). The summed E-state index contributed by atoms with van der Waals surface area (Å²) in [7, 11) is 1.63. The van der Waals surface area contributed by atoms with E-state index in [9.17, 15) is 4.79 Å². The van der Waals surface area contributed by atoms with Crippen LogP contribution in [0.2, 0.25) is 0 Å². The molecule has 2 aromatic heterocycles. The number of rotatable bonds is 3. The van der Waals surface area contributed by atoms with Crippen molar-refractivity contribution in [3.05, 3.63) is 35.8 Å². The van der Waals surface area contributed by atoms with Gasteiger partial charge in [-0.25, -0.2) is 9.78 Å². The fourth-order valence-electron chi connectivity index (χ4n) is 1.49. The number of aromatic nitrogens is 2. The van der Waals surface area contributed by atoms with E-state index in [4.69, 9.17) is 9.84 Å². The molecule has 5 nitrogen and oxygen atoms in total. The number of aromatic carboxylic acids is 1. The van der Waals surface area contributed by atoms with Gasteiger partial charge in [0.15, 0.2) is 5.69 Å². The third kappa shape index (κ3) is 1.77. The molecule has 0 saturated carbocycles. The maximum Gasteiger partial charge on any atom is 0.356 e. The Kier molecular flexibility index (Phi) is 2.62. The van der Waals surface area contributed by atoms with Gasteiger partial charge < -0.3 is 14.2 Å². The molecule has 0 aliphatic rings.